The third-order valence-corrected chi connectivity index (χ3v) is 10.9. The van der Waals surface area contributed by atoms with Crippen LogP contribution in [0.4, 0.5) is 0 Å². The Labute approximate surface area is 312 Å². The van der Waals surface area contributed by atoms with Gasteiger partial charge >= 0.3 is 11.9 Å². The van der Waals surface area contributed by atoms with Gasteiger partial charge in [0.15, 0.2) is 29.0 Å². The van der Waals surface area contributed by atoms with Crippen LogP contribution in [0.15, 0.2) is 52.7 Å². The van der Waals surface area contributed by atoms with E-state index in [4.69, 9.17) is 35.3 Å². The van der Waals surface area contributed by atoms with Crippen LogP contribution >= 0.6 is 11.6 Å². The zero-order valence-corrected chi connectivity index (χ0v) is 32.7. The van der Waals surface area contributed by atoms with Crippen LogP contribution in [0.3, 0.4) is 0 Å². The third-order valence-electron chi connectivity index (χ3n) is 10.7. The van der Waals surface area contributed by atoms with Crippen LogP contribution in [0, 0.1) is 11.8 Å². The minimum absolute atomic E-state index is 0.00830. The highest BCUT2D eigenvalue weighted by molar-refractivity contribution is 6.26. The highest BCUT2D eigenvalue weighted by atomic mass is 35.5. The van der Waals surface area contributed by atoms with E-state index in [0.29, 0.717) is 42.4 Å². The predicted octanol–water partition coefficient (Wildman–Crippen LogP) is 8.40. The topological polar surface area (TPSA) is 114 Å². The van der Waals surface area contributed by atoms with Crippen LogP contribution in [-0.4, -0.2) is 59.4 Å². The van der Waals surface area contributed by atoms with Gasteiger partial charge in [0.1, 0.15) is 28.5 Å². The maximum absolute atomic E-state index is 15.3. The number of fused-ring (bicyclic) bond motifs is 2. The molecule has 0 aromatic heterocycles. The number of Topliss-reactive ketones (excluding diaryl/α,β-unsaturated/α-hetero) is 1. The van der Waals surface area contributed by atoms with E-state index in [0.717, 1.165) is 12.0 Å². The molecule has 0 amide bonds. The fraction of sp³-hybridized carbons (Fsp3) is 0.524. The van der Waals surface area contributed by atoms with Gasteiger partial charge in [-0.25, -0.2) is 4.79 Å². The summed E-state index contributed by atoms with van der Waals surface area (Å²) in [6.45, 7) is 17.4. The second kappa shape index (κ2) is 14.5. The lowest BCUT2D eigenvalue weighted by molar-refractivity contribution is -0.152. The summed E-state index contributed by atoms with van der Waals surface area (Å²) in [7, 11) is 1.29. The number of methoxy groups -OCH3 is 1. The predicted molar refractivity (Wildman–Crippen MR) is 200 cm³/mol. The average Bonchev–Trinajstić information content (AvgIpc) is 3.27. The van der Waals surface area contributed by atoms with Gasteiger partial charge in [0.2, 0.25) is 0 Å². The van der Waals surface area contributed by atoms with Gasteiger partial charge in [0.25, 0.3) is 0 Å². The highest BCUT2D eigenvalue weighted by Crippen LogP contribution is 2.64. The van der Waals surface area contributed by atoms with E-state index >= 15 is 4.79 Å². The Bertz CT molecular complexity index is 1840. The number of esters is 2. The lowest BCUT2D eigenvalue weighted by atomic mass is 9.59. The van der Waals surface area contributed by atoms with Crippen LogP contribution < -0.4 is 14.2 Å². The quantitative estimate of drug-likeness (QED) is 0.0552. The van der Waals surface area contributed by atoms with Crippen molar-refractivity contribution < 1.29 is 42.9 Å². The zero-order chi connectivity index (χ0) is 38.4. The molecule has 5 atom stereocenters. The van der Waals surface area contributed by atoms with Crippen LogP contribution in [0.2, 0.25) is 0 Å². The molecule has 1 saturated heterocycles. The van der Waals surface area contributed by atoms with Gasteiger partial charge in [-0.15, -0.1) is 11.6 Å². The summed E-state index contributed by atoms with van der Waals surface area (Å²) in [4.78, 5) is 54.4. The summed E-state index contributed by atoms with van der Waals surface area (Å²) in [5.74, 6) is -2.16. The molecule has 1 aromatic carbocycles. The molecule has 0 radical (unpaired) electrons. The number of alkyl halides is 1. The molecule has 3 heterocycles. The molecule has 3 aliphatic heterocycles. The molecule has 9 nitrogen and oxygen atoms in total. The van der Waals surface area contributed by atoms with E-state index in [1.807, 2.05) is 79.7 Å². The van der Waals surface area contributed by atoms with Crippen LogP contribution in [0.5, 0.6) is 17.2 Å². The second-order valence-corrected chi connectivity index (χ2v) is 16.0. The Kier molecular flexibility index (Phi) is 10.9. The van der Waals surface area contributed by atoms with E-state index in [2.05, 4.69) is 6.08 Å². The van der Waals surface area contributed by atoms with Gasteiger partial charge in [0.05, 0.1) is 18.3 Å². The number of allylic oxidation sites excluding steroid dienone is 5. The molecule has 5 unspecified atom stereocenters. The Morgan fingerprint density at radius 1 is 1.02 bits per heavy atom. The number of aldehydes is 1. The van der Waals surface area contributed by atoms with Crippen molar-refractivity contribution in [3.8, 4) is 17.2 Å². The Hall–Kier alpha value is -3.95. The third kappa shape index (κ3) is 6.71. The minimum Gasteiger partial charge on any atom is -0.482 e. The Morgan fingerprint density at radius 2 is 1.71 bits per heavy atom. The molecule has 1 aliphatic carbocycles. The summed E-state index contributed by atoms with van der Waals surface area (Å²) >= 11 is 5.97. The van der Waals surface area contributed by atoms with Crippen LogP contribution in [0.25, 0.3) is 6.08 Å². The first kappa shape index (κ1) is 39.3. The smallest absolute Gasteiger partial charge is 0.333 e. The molecule has 1 spiro atoms. The van der Waals surface area contributed by atoms with Crippen LogP contribution in [0.1, 0.15) is 109 Å². The van der Waals surface area contributed by atoms with Crippen molar-refractivity contribution in [2.24, 2.45) is 11.8 Å². The molecule has 0 saturated carbocycles. The second-order valence-electron chi connectivity index (χ2n) is 15.7. The van der Waals surface area contributed by atoms with Gasteiger partial charge in [-0.3, -0.25) is 14.4 Å². The van der Waals surface area contributed by atoms with Gasteiger partial charge in [-0.05, 0) is 99.1 Å². The van der Waals surface area contributed by atoms with Crippen molar-refractivity contribution in [2.75, 3.05) is 13.0 Å². The van der Waals surface area contributed by atoms with Gasteiger partial charge in [0, 0.05) is 29.0 Å². The van der Waals surface area contributed by atoms with Crippen molar-refractivity contribution in [3.05, 3.63) is 69.4 Å². The summed E-state index contributed by atoms with van der Waals surface area (Å²) in [5.41, 5.74) is -1.20. The Morgan fingerprint density at radius 3 is 2.33 bits per heavy atom. The fourth-order valence-electron chi connectivity index (χ4n) is 8.16. The van der Waals surface area contributed by atoms with E-state index in [9.17, 15) is 14.4 Å². The number of hydrogen-bond donors (Lipinski definition) is 0. The number of benzene rings is 1. The van der Waals surface area contributed by atoms with Crippen molar-refractivity contribution >= 4 is 41.7 Å². The van der Waals surface area contributed by atoms with Crippen molar-refractivity contribution in [1.29, 1.82) is 0 Å². The molecule has 52 heavy (non-hydrogen) atoms. The molecule has 10 heteroatoms. The average molecular weight is 735 g/mol. The molecule has 5 rings (SSSR count). The number of hydrogen-bond acceptors (Lipinski definition) is 9. The van der Waals surface area contributed by atoms with Crippen molar-refractivity contribution in [2.45, 2.75) is 117 Å². The number of ketones is 1. The summed E-state index contributed by atoms with van der Waals surface area (Å²) in [6.07, 6.45) is 14.3. The van der Waals surface area contributed by atoms with Crippen molar-refractivity contribution in [3.63, 3.8) is 0 Å². The fourth-order valence-corrected chi connectivity index (χ4v) is 8.22. The minimum atomic E-state index is -1.73. The summed E-state index contributed by atoms with van der Waals surface area (Å²) in [6, 6.07) is 0. The van der Waals surface area contributed by atoms with E-state index in [1.165, 1.54) is 12.7 Å². The number of carbonyl (C=O) groups is 4. The SMILES string of the molecule is COC(=O)/C(C)=C\CC1(C=O)OC(C)(C)C2CC(C)C=C3C(=O)c4c(OC(=O)CCl)c5c(c(CC=C(C)C)c4OC321)OC(C)(CCC=C(C)C)C=C5. The lowest BCUT2D eigenvalue weighted by Crippen LogP contribution is -2.65. The lowest BCUT2D eigenvalue weighted by Gasteiger charge is -2.51. The van der Waals surface area contributed by atoms with E-state index < -0.39 is 51.9 Å². The molecule has 1 fully saturated rings. The number of ether oxygens (including phenoxy) is 5. The van der Waals surface area contributed by atoms with Gasteiger partial charge < -0.3 is 23.7 Å². The first-order valence-corrected chi connectivity index (χ1v) is 18.4. The van der Waals surface area contributed by atoms with Gasteiger partial charge in [-0.1, -0.05) is 42.4 Å². The zero-order valence-electron chi connectivity index (χ0n) is 32.0. The maximum Gasteiger partial charge on any atom is 0.333 e. The maximum atomic E-state index is 15.3. The molecule has 1 aromatic rings. The molecule has 4 aliphatic rings. The van der Waals surface area contributed by atoms with E-state index in [1.54, 1.807) is 13.0 Å². The standard InChI is InChI=1S/C42H51ClO9/c1-24(2)12-11-17-40(9)18-16-29-35(50-40)28(14-13-25(3)4)37-33(36(29)49-32(45)22-43)34(46)30-20-26(5)21-31-39(7,8)52-41(23-44,42(30,31)51-37)19-15-27(6)38(47)48-10/h12-13,15-16,18,20,23,26,31H,11,14,17,19,21-22H2,1-10H3/b27-15-. The van der Waals surface area contributed by atoms with Crippen molar-refractivity contribution in [1.82, 2.24) is 0 Å². The van der Waals surface area contributed by atoms with E-state index in [-0.39, 0.29) is 40.5 Å². The first-order chi connectivity index (χ1) is 24.4. The monoisotopic (exact) mass is 734 g/mol. The molecular formula is C42H51ClO9. The highest BCUT2D eigenvalue weighted by Gasteiger charge is 2.75. The molecule has 0 N–H and O–H groups in total. The van der Waals surface area contributed by atoms with Gasteiger partial charge in [-0.2, -0.15) is 0 Å². The summed E-state index contributed by atoms with van der Waals surface area (Å²) in [5, 5.41) is 0. The number of halogens is 1. The molecule has 280 valence electrons. The van der Waals surface area contributed by atoms with Crippen LogP contribution in [-0.2, 0) is 30.3 Å². The normalized spacial score (nSPS) is 28.1. The molecular weight excluding hydrogens is 684 g/mol. The Balaban J connectivity index is 1.86. The number of rotatable bonds is 11. The molecule has 0 bridgehead atoms. The summed E-state index contributed by atoms with van der Waals surface area (Å²) < 4.78 is 31.9. The largest absolute Gasteiger partial charge is 0.482 e. The first-order valence-electron chi connectivity index (χ1n) is 17.9. The number of carbonyl (C=O) groups excluding carboxylic acids is 4.